The molecular formula is C42H53IrN2OSi4-2. The number of aryl methyl sites for hydroxylation is 2. The maximum atomic E-state index is 6.18. The third-order valence-corrected chi connectivity index (χ3v) is 73.4. The number of aromatic nitrogens is 2. The summed E-state index contributed by atoms with van der Waals surface area (Å²) >= 11 is 0. The van der Waals surface area contributed by atoms with Crippen LogP contribution in [0.4, 0.5) is 0 Å². The Morgan fingerprint density at radius 3 is 1.98 bits per heavy atom. The molecule has 0 saturated carbocycles. The predicted molar refractivity (Wildman–Crippen MR) is 222 cm³/mol. The molecule has 264 valence electrons. The van der Waals surface area contributed by atoms with E-state index in [0.717, 1.165) is 50.9 Å². The second-order valence-electron chi connectivity index (χ2n) is 16.3. The standard InChI is InChI=1S/C29H41NOSi4.C13H12N.Ir/c1-21(2)17-23-18-26(22-15-16-25-24-13-11-12-14-27(24)31-28(25)19-22)30-20-29(23)35(32(3)4,33(5,6)7)34(8,9)10;1-10-3-5-12(6-4-10)13-9-11(2)7-8-14-13;/h11-14,16,18-21H,17H2,1-10H3;3-5,7-9H,1-2H3;/q2*-1;. The monoisotopic (exact) mass is 906 g/mol. The molecule has 6 aromatic rings. The molecule has 8 heteroatoms. The molecule has 0 aliphatic rings. The molecule has 0 bridgehead atoms. The molecule has 0 saturated heterocycles. The molecule has 0 N–H and O–H groups in total. The van der Waals surface area contributed by atoms with Crippen molar-refractivity contribution in [3.63, 3.8) is 0 Å². The Bertz CT molecular complexity index is 2040. The second-order valence-corrected chi connectivity index (χ2v) is 52.6. The van der Waals surface area contributed by atoms with E-state index in [-0.39, 0.29) is 20.1 Å². The van der Waals surface area contributed by atoms with E-state index in [1.54, 1.807) is 10.8 Å². The zero-order valence-corrected chi connectivity index (χ0v) is 38.4. The summed E-state index contributed by atoms with van der Waals surface area (Å²) in [5.74, 6) is 0.616. The second kappa shape index (κ2) is 15.9. The quantitative estimate of drug-likeness (QED) is 0.113. The summed E-state index contributed by atoms with van der Waals surface area (Å²) in [6.07, 6.45) is 5.29. The van der Waals surface area contributed by atoms with Crippen molar-refractivity contribution in [2.24, 2.45) is 5.92 Å². The van der Waals surface area contributed by atoms with Gasteiger partial charge >= 0.3 is 0 Å². The zero-order chi connectivity index (χ0) is 35.7. The van der Waals surface area contributed by atoms with Crippen LogP contribution in [-0.4, -0.2) is 40.1 Å². The van der Waals surface area contributed by atoms with Crippen molar-refractivity contribution in [2.45, 2.75) is 86.5 Å². The summed E-state index contributed by atoms with van der Waals surface area (Å²) in [5.41, 5.74) is 9.96. The largest absolute Gasteiger partial charge is 0.476 e. The fourth-order valence-electron chi connectivity index (χ4n) is 8.45. The zero-order valence-electron chi connectivity index (χ0n) is 32.0. The van der Waals surface area contributed by atoms with E-state index in [1.807, 2.05) is 30.5 Å². The van der Waals surface area contributed by atoms with E-state index in [0.29, 0.717) is 5.92 Å². The van der Waals surface area contributed by atoms with Crippen LogP contribution >= 0.6 is 0 Å². The van der Waals surface area contributed by atoms with Crippen molar-refractivity contribution in [1.29, 1.82) is 0 Å². The van der Waals surface area contributed by atoms with Crippen molar-refractivity contribution < 1.29 is 24.5 Å². The van der Waals surface area contributed by atoms with Gasteiger partial charge in [-0.25, -0.2) is 0 Å². The summed E-state index contributed by atoms with van der Waals surface area (Å²) in [6.45, 7) is 28.3. The first kappa shape index (κ1) is 40.1. The Labute approximate surface area is 318 Å². The molecule has 0 aliphatic heterocycles. The molecule has 0 amide bonds. The van der Waals surface area contributed by atoms with Gasteiger partial charge in [-0.3, -0.25) is 0 Å². The average molecular weight is 906 g/mol. The number of pyridine rings is 2. The van der Waals surface area contributed by atoms with Crippen molar-refractivity contribution in [3.05, 3.63) is 114 Å². The van der Waals surface area contributed by atoms with Gasteiger partial charge in [0.15, 0.2) is 0 Å². The number of hydrogen-bond donors (Lipinski definition) is 0. The van der Waals surface area contributed by atoms with E-state index in [1.165, 1.54) is 11.1 Å². The first-order valence-corrected chi connectivity index (χ1v) is 32.1. The predicted octanol–water partition coefficient (Wildman–Crippen LogP) is 11.1. The topological polar surface area (TPSA) is 38.9 Å². The maximum absolute atomic E-state index is 6.18. The van der Waals surface area contributed by atoms with Gasteiger partial charge in [-0.1, -0.05) is 126 Å². The first-order valence-electron chi connectivity index (χ1n) is 17.6. The Kier molecular flexibility index (Phi) is 12.7. The van der Waals surface area contributed by atoms with Crippen LogP contribution in [-0.2, 0) is 26.5 Å². The van der Waals surface area contributed by atoms with Gasteiger partial charge in [0.1, 0.15) is 5.58 Å². The molecule has 50 heavy (non-hydrogen) atoms. The molecule has 3 heterocycles. The van der Waals surface area contributed by atoms with Gasteiger partial charge in [-0.05, 0) is 53.4 Å². The summed E-state index contributed by atoms with van der Waals surface area (Å²) < 4.78 is 6.18. The van der Waals surface area contributed by atoms with Crippen LogP contribution in [0.25, 0.3) is 44.5 Å². The van der Waals surface area contributed by atoms with Gasteiger partial charge < -0.3 is 14.4 Å². The van der Waals surface area contributed by atoms with E-state index in [2.05, 4.69) is 152 Å². The van der Waals surface area contributed by atoms with Crippen LogP contribution in [0, 0.1) is 31.9 Å². The van der Waals surface area contributed by atoms with Crippen molar-refractivity contribution in [3.8, 4) is 22.5 Å². The Morgan fingerprint density at radius 1 is 0.720 bits per heavy atom. The molecule has 0 unspecified atom stereocenters. The average Bonchev–Trinajstić information content (AvgIpc) is 3.39. The molecule has 6 rings (SSSR count). The van der Waals surface area contributed by atoms with Gasteiger partial charge in [0.25, 0.3) is 0 Å². The minimum Gasteiger partial charge on any atom is -0.476 e. The van der Waals surface area contributed by atoms with Gasteiger partial charge in [-0.2, -0.15) is 0 Å². The molecule has 3 nitrogen and oxygen atoms in total. The third kappa shape index (κ3) is 8.16. The van der Waals surface area contributed by atoms with E-state index < -0.39 is 30.1 Å². The molecule has 0 spiro atoms. The van der Waals surface area contributed by atoms with E-state index >= 15 is 0 Å². The van der Waals surface area contributed by atoms with Crippen LogP contribution in [0.3, 0.4) is 0 Å². The van der Waals surface area contributed by atoms with Gasteiger partial charge in [0, 0.05) is 56.0 Å². The number of benzene rings is 3. The number of furan rings is 1. The molecule has 2 radical (unpaired) electrons. The van der Waals surface area contributed by atoms with Gasteiger partial charge in [0.2, 0.25) is 0 Å². The van der Waals surface area contributed by atoms with Gasteiger partial charge in [-0.15, -0.1) is 53.1 Å². The Morgan fingerprint density at radius 2 is 1.38 bits per heavy atom. The summed E-state index contributed by atoms with van der Waals surface area (Å²) in [6, 6.07) is 31.8. The van der Waals surface area contributed by atoms with Crippen LogP contribution in [0.2, 0.25) is 52.4 Å². The fraction of sp³-hybridized carbons (Fsp3) is 0.333. The summed E-state index contributed by atoms with van der Waals surface area (Å²) in [7, 11) is -3.33. The summed E-state index contributed by atoms with van der Waals surface area (Å²) in [4.78, 5) is 9.48. The third-order valence-electron chi connectivity index (χ3n) is 9.77. The SMILES string of the molecule is CC(C)Cc1cc(-c2[c-]cc3c(c2)oc2ccccc23)ncc1[Si]([Si](C)C)([Si](C)(C)C)[Si](C)(C)C.Cc1c[c-]c(-c2cc(C)ccn2)cc1.[Ir]. The number of nitrogens with zero attached hydrogens (tertiary/aromatic N) is 2. The van der Waals surface area contributed by atoms with Crippen molar-refractivity contribution in [1.82, 2.24) is 9.97 Å². The minimum absolute atomic E-state index is 0. The molecule has 0 atom stereocenters. The maximum Gasteiger partial charge on any atom is 0.123 e. The van der Waals surface area contributed by atoms with Gasteiger partial charge in [0.05, 0.1) is 12.2 Å². The molecular weight excluding hydrogens is 853 g/mol. The number of hydrogen-bond acceptors (Lipinski definition) is 3. The van der Waals surface area contributed by atoms with E-state index in [4.69, 9.17) is 9.40 Å². The Hall–Kier alpha value is -2.72. The van der Waals surface area contributed by atoms with Crippen LogP contribution in [0.15, 0.2) is 89.6 Å². The molecule has 3 aromatic heterocycles. The number of rotatable bonds is 8. The minimum atomic E-state index is -1.66. The van der Waals surface area contributed by atoms with Crippen LogP contribution < -0.4 is 5.19 Å². The first-order chi connectivity index (χ1) is 23.0. The van der Waals surface area contributed by atoms with E-state index in [9.17, 15) is 0 Å². The van der Waals surface area contributed by atoms with Crippen molar-refractivity contribution in [2.75, 3.05) is 0 Å². The summed E-state index contributed by atoms with van der Waals surface area (Å²) in [5, 5.41) is 3.98. The molecule has 3 aromatic carbocycles. The fourth-order valence-corrected chi connectivity index (χ4v) is 88.3. The molecule has 0 aliphatic carbocycles. The smallest absolute Gasteiger partial charge is 0.123 e. The molecule has 0 fully saturated rings. The number of para-hydroxylation sites is 1. The number of fused-ring (bicyclic) bond motifs is 3. The van der Waals surface area contributed by atoms with Crippen LogP contribution in [0.5, 0.6) is 0 Å². The Balaban J connectivity index is 0.000000313. The normalized spacial score (nSPS) is 12.3. The van der Waals surface area contributed by atoms with Crippen molar-refractivity contribution >= 4 is 57.2 Å². The van der Waals surface area contributed by atoms with Crippen LogP contribution in [0.1, 0.15) is 30.5 Å².